The maximum atomic E-state index is 13.4. The minimum Gasteiger partial charge on any atom is -0.465 e. The van der Waals surface area contributed by atoms with E-state index in [0.717, 1.165) is 6.20 Å². The molecule has 18 heavy (non-hydrogen) atoms. The number of carbonyl (C=O) groups excluding carboxylic acids is 1. The zero-order valence-corrected chi connectivity index (χ0v) is 10.2. The van der Waals surface area contributed by atoms with Gasteiger partial charge in [-0.05, 0) is 18.2 Å². The molecule has 92 valence electrons. The Kier molecular flexibility index (Phi) is 3.58. The summed E-state index contributed by atoms with van der Waals surface area (Å²) in [4.78, 5) is 15.3. The zero-order chi connectivity index (χ0) is 13.1. The summed E-state index contributed by atoms with van der Waals surface area (Å²) in [7, 11) is 1.20. The smallest absolute Gasteiger partial charge is 0.340 e. The maximum absolute atomic E-state index is 13.4. The molecule has 0 saturated carbocycles. The molecule has 5 heteroatoms. The molecule has 0 atom stereocenters. The third-order valence-electron chi connectivity index (χ3n) is 2.38. The first-order valence-corrected chi connectivity index (χ1v) is 5.49. The fraction of sp³-hybridized carbons (Fsp3) is 0.0769. The Morgan fingerprint density at radius 1 is 1.39 bits per heavy atom. The molecule has 0 unspecified atom stereocenters. The molecular formula is C13H9ClFNO2. The fourth-order valence-corrected chi connectivity index (χ4v) is 1.70. The Morgan fingerprint density at radius 2 is 2.17 bits per heavy atom. The average Bonchev–Trinajstić information content (AvgIpc) is 2.38. The minimum atomic E-state index is -0.738. The highest BCUT2D eigenvalue weighted by molar-refractivity contribution is 6.30. The van der Waals surface area contributed by atoms with E-state index < -0.39 is 11.8 Å². The third-order valence-corrected chi connectivity index (χ3v) is 2.62. The molecule has 1 aromatic heterocycles. The summed E-state index contributed by atoms with van der Waals surface area (Å²) >= 11 is 5.86. The predicted octanol–water partition coefficient (Wildman–Crippen LogP) is 3.33. The van der Waals surface area contributed by atoms with Crippen LogP contribution >= 0.6 is 11.6 Å². The molecule has 0 radical (unpaired) electrons. The van der Waals surface area contributed by atoms with Crippen LogP contribution < -0.4 is 0 Å². The molecule has 2 rings (SSSR count). The molecule has 1 aromatic carbocycles. The van der Waals surface area contributed by atoms with Crippen molar-refractivity contribution in [3.63, 3.8) is 0 Å². The number of ether oxygens (including phenoxy) is 1. The Hall–Kier alpha value is -1.94. The summed E-state index contributed by atoms with van der Waals surface area (Å²) in [5, 5.41) is 0.540. The topological polar surface area (TPSA) is 39.2 Å². The molecule has 1 heterocycles. The number of methoxy groups -OCH3 is 1. The fourth-order valence-electron chi connectivity index (χ4n) is 1.51. The highest BCUT2D eigenvalue weighted by Crippen LogP contribution is 2.22. The van der Waals surface area contributed by atoms with Gasteiger partial charge in [-0.3, -0.25) is 4.98 Å². The van der Waals surface area contributed by atoms with Crippen LogP contribution in [0.3, 0.4) is 0 Å². The van der Waals surface area contributed by atoms with Crippen molar-refractivity contribution in [2.75, 3.05) is 7.11 Å². The molecule has 0 bridgehead atoms. The number of aromatic nitrogens is 1. The van der Waals surface area contributed by atoms with Gasteiger partial charge in [-0.15, -0.1) is 0 Å². The number of benzene rings is 1. The average molecular weight is 266 g/mol. The molecule has 0 N–H and O–H groups in total. The summed E-state index contributed by atoms with van der Waals surface area (Å²) < 4.78 is 17.9. The zero-order valence-electron chi connectivity index (χ0n) is 9.48. The van der Waals surface area contributed by atoms with Crippen LogP contribution in [0.4, 0.5) is 4.39 Å². The summed E-state index contributed by atoms with van der Waals surface area (Å²) in [6.45, 7) is 0. The van der Waals surface area contributed by atoms with E-state index >= 15 is 0 Å². The molecule has 0 fully saturated rings. The molecular weight excluding hydrogens is 257 g/mol. The van der Waals surface area contributed by atoms with Crippen LogP contribution in [-0.4, -0.2) is 18.1 Å². The van der Waals surface area contributed by atoms with E-state index in [1.807, 2.05) is 0 Å². The number of esters is 1. The molecule has 3 nitrogen and oxygen atoms in total. The molecule has 0 aliphatic rings. The van der Waals surface area contributed by atoms with E-state index in [1.54, 1.807) is 24.3 Å². The van der Waals surface area contributed by atoms with Gasteiger partial charge in [0.2, 0.25) is 0 Å². The number of carbonyl (C=O) groups is 1. The lowest BCUT2D eigenvalue weighted by molar-refractivity contribution is 0.0595. The second-order valence-electron chi connectivity index (χ2n) is 3.55. The standard InChI is InChI=1S/C13H9ClFNO2/c1-18-13(17)10-6-12(16-7-11(10)15)8-3-2-4-9(14)5-8/h2-7H,1H3. The van der Waals surface area contributed by atoms with Crippen molar-refractivity contribution in [3.8, 4) is 11.3 Å². The number of hydrogen-bond donors (Lipinski definition) is 0. The number of rotatable bonds is 2. The maximum Gasteiger partial charge on any atom is 0.340 e. The summed E-state index contributed by atoms with van der Waals surface area (Å²) in [5.74, 6) is -1.45. The van der Waals surface area contributed by atoms with Crippen LogP contribution in [0.2, 0.25) is 5.02 Å². The van der Waals surface area contributed by atoms with Crippen LogP contribution in [0.15, 0.2) is 36.5 Å². The predicted molar refractivity (Wildman–Crippen MR) is 66.0 cm³/mol. The number of hydrogen-bond acceptors (Lipinski definition) is 3. The van der Waals surface area contributed by atoms with Crippen LogP contribution in [0.25, 0.3) is 11.3 Å². The van der Waals surface area contributed by atoms with E-state index in [0.29, 0.717) is 16.3 Å². The van der Waals surface area contributed by atoms with Crippen molar-refractivity contribution >= 4 is 17.6 Å². The van der Waals surface area contributed by atoms with Gasteiger partial charge < -0.3 is 4.74 Å². The third kappa shape index (κ3) is 2.49. The molecule has 0 saturated heterocycles. The van der Waals surface area contributed by atoms with Gasteiger partial charge in [0.05, 0.1) is 24.6 Å². The quantitative estimate of drug-likeness (QED) is 0.782. The number of nitrogens with zero attached hydrogens (tertiary/aromatic N) is 1. The number of pyridine rings is 1. The van der Waals surface area contributed by atoms with Gasteiger partial charge in [0, 0.05) is 10.6 Å². The van der Waals surface area contributed by atoms with Crippen molar-refractivity contribution in [1.82, 2.24) is 4.98 Å². The van der Waals surface area contributed by atoms with Crippen LogP contribution in [0.5, 0.6) is 0 Å². The van der Waals surface area contributed by atoms with Crippen molar-refractivity contribution in [2.24, 2.45) is 0 Å². The molecule has 0 amide bonds. The van der Waals surface area contributed by atoms with Crippen LogP contribution in [-0.2, 0) is 4.74 Å². The van der Waals surface area contributed by atoms with E-state index in [1.165, 1.54) is 13.2 Å². The Balaban J connectivity index is 2.50. The van der Waals surface area contributed by atoms with Crippen LogP contribution in [0, 0.1) is 5.82 Å². The Labute approximate surface area is 108 Å². The number of halogens is 2. The lowest BCUT2D eigenvalue weighted by atomic mass is 10.1. The molecule has 0 spiro atoms. The first-order chi connectivity index (χ1) is 8.61. The van der Waals surface area contributed by atoms with Gasteiger partial charge in [-0.2, -0.15) is 0 Å². The highest BCUT2D eigenvalue weighted by Gasteiger charge is 2.14. The largest absolute Gasteiger partial charge is 0.465 e. The molecule has 0 aliphatic carbocycles. The van der Waals surface area contributed by atoms with E-state index in [4.69, 9.17) is 11.6 Å². The van der Waals surface area contributed by atoms with E-state index in [9.17, 15) is 9.18 Å². The van der Waals surface area contributed by atoms with Gasteiger partial charge >= 0.3 is 5.97 Å². The SMILES string of the molecule is COC(=O)c1cc(-c2cccc(Cl)c2)ncc1F. The van der Waals surface area contributed by atoms with E-state index in [-0.39, 0.29) is 5.56 Å². The van der Waals surface area contributed by atoms with Crippen LogP contribution in [0.1, 0.15) is 10.4 Å². The second kappa shape index (κ2) is 5.14. The van der Waals surface area contributed by atoms with E-state index in [2.05, 4.69) is 9.72 Å². The summed E-state index contributed by atoms with van der Waals surface area (Å²) in [6.07, 6.45) is 0.989. The van der Waals surface area contributed by atoms with Gasteiger partial charge in [-0.1, -0.05) is 23.7 Å². The van der Waals surface area contributed by atoms with Gasteiger partial charge in [0.1, 0.15) is 0 Å². The van der Waals surface area contributed by atoms with Gasteiger partial charge in [-0.25, -0.2) is 9.18 Å². The lowest BCUT2D eigenvalue weighted by Crippen LogP contribution is -2.05. The Morgan fingerprint density at radius 3 is 2.83 bits per heavy atom. The minimum absolute atomic E-state index is 0.150. The summed E-state index contributed by atoms with van der Waals surface area (Å²) in [5.41, 5.74) is 1.01. The van der Waals surface area contributed by atoms with Crippen molar-refractivity contribution in [2.45, 2.75) is 0 Å². The summed E-state index contributed by atoms with van der Waals surface area (Å²) in [6, 6.07) is 8.26. The highest BCUT2D eigenvalue weighted by atomic mass is 35.5. The first kappa shape index (κ1) is 12.5. The second-order valence-corrected chi connectivity index (χ2v) is 3.99. The first-order valence-electron chi connectivity index (χ1n) is 5.11. The monoisotopic (exact) mass is 265 g/mol. The van der Waals surface area contributed by atoms with Crippen molar-refractivity contribution in [1.29, 1.82) is 0 Å². The molecule has 2 aromatic rings. The Bertz CT molecular complexity index is 601. The normalized spacial score (nSPS) is 10.2. The van der Waals surface area contributed by atoms with Crippen molar-refractivity contribution in [3.05, 3.63) is 52.9 Å². The van der Waals surface area contributed by atoms with Gasteiger partial charge in [0.25, 0.3) is 0 Å². The van der Waals surface area contributed by atoms with Crippen molar-refractivity contribution < 1.29 is 13.9 Å². The van der Waals surface area contributed by atoms with Gasteiger partial charge in [0.15, 0.2) is 5.82 Å². The molecule has 0 aliphatic heterocycles. The lowest BCUT2D eigenvalue weighted by Gasteiger charge is -2.05.